The molecule has 0 fully saturated rings. The van der Waals surface area contributed by atoms with Crippen LogP contribution < -0.4 is 0 Å². The molecule has 0 saturated carbocycles. The summed E-state index contributed by atoms with van der Waals surface area (Å²) in [5.74, 6) is 0.790. The fraction of sp³-hybridized carbons (Fsp3) is 0.125. The van der Waals surface area contributed by atoms with E-state index in [9.17, 15) is 0 Å². The molecular formula is C24H19IrN4S-. The molecule has 0 aliphatic carbocycles. The third kappa shape index (κ3) is 3.52. The molecule has 5 aromatic rings. The van der Waals surface area contributed by atoms with Crippen LogP contribution in [0.2, 0.25) is 0 Å². The van der Waals surface area contributed by atoms with Gasteiger partial charge in [-0.25, -0.2) is 0 Å². The zero-order valence-electron chi connectivity index (χ0n) is 16.8. The smallest absolute Gasteiger partial charge is 0.127 e. The average molecular weight is 588 g/mol. The molecule has 3 aromatic carbocycles. The number of hydrogen-bond acceptors (Lipinski definition) is 4. The van der Waals surface area contributed by atoms with Crippen molar-refractivity contribution in [1.82, 2.24) is 19.7 Å². The molecule has 0 unspecified atom stereocenters. The van der Waals surface area contributed by atoms with Crippen LogP contribution in [0.15, 0.2) is 60.9 Å². The second-order valence-electron chi connectivity index (χ2n) is 7.12. The largest absolute Gasteiger partial charge is 0.264 e. The van der Waals surface area contributed by atoms with Gasteiger partial charge >= 0.3 is 0 Å². The molecule has 0 atom stereocenters. The summed E-state index contributed by atoms with van der Waals surface area (Å²) in [6.07, 6.45) is 1.61. The maximum atomic E-state index is 4.61. The van der Waals surface area contributed by atoms with Gasteiger partial charge in [-0.3, -0.25) is 14.6 Å². The molecule has 0 N–H and O–H groups in total. The molecule has 0 saturated heterocycles. The Bertz CT molecular complexity index is 1320. The molecule has 0 aliphatic heterocycles. The number of fused-ring (bicyclic) bond motifs is 1. The maximum Gasteiger partial charge on any atom is 0.127 e. The van der Waals surface area contributed by atoms with E-state index in [-0.39, 0.29) is 20.1 Å². The van der Waals surface area contributed by atoms with Crippen molar-refractivity contribution in [2.75, 3.05) is 0 Å². The van der Waals surface area contributed by atoms with Crippen molar-refractivity contribution in [3.8, 4) is 28.2 Å². The van der Waals surface area contributed by atoms with E-state index in [2.05, 4.69) is 71.4 Å². The third-order valence-corrected chi connectivity index (χ3v) is 6.04. The molecule has 5 rings (SSSR count). The fourth-order valence-electron chi connectivity index (χ4n) is 3.83. The van der Waals surface area contributed by atoms with E-state index < -0.39 is 0 Å². The number of rotatable bonds is 3. The van der Waals surface area contributed by atoms with Crippen LogP contribution in [0.3, 0.4) is 0 Å². The summed E-state index contributed by atoms with van der Waals surface area (Å²) in [7, 11) is 0. The zero-order chi connectivity index (χ0) is 20.0. The molecule has 30 heavy (non-hydrogen) atoms. The van der Waals surface area contributed by atoms with Crippen molar-refractivity contribution in [3.63, 3.8) is 0 Å². The van der Waals surface area contributed by atoms with Crippen molar-refractivity contribution in [3.05, 3.63) is 83.1 Å². The molecular weight excluding hydrogens is 569 g/mol. The summed E-state index contributed by atoms with van der Waals surface area (Å²) in [4.78, 5) is 9.19. The Labute approximate surface area is 193 Å². The first-order valence-corrected chi connectivity index (χ1v) is 10.3. The predicted octanol–water partition coefficient (Wildman–Crippen LogP) is 5.93. The second kappa shape index (κ2) is 8.23. The first kappa shape index (κ1) is 20.6. The molecule has 0 amide bonds. The van der Waals surface area contributed by atoms with E-state index in [0.29, 0.717) is 0 Å². The number of nitrogens with zero attached hydrogens (tertiary/aromatic N) is 4. The van der Waals surface area contributed by atoms with Crippen molar-refractivity contribution in [1.29, 1.82) is 0 Å². The monoisotopic (exact) mass is 588 g/mol. The van der Waals surface area contributed by atoms with Crippen LogP contribution in [0.5, 0.6) is 0 Å². The van der Waals surface area contributed by atoms with Gasteiger partial charge in [-0.15, -0.1) is 18.2 Å². The van der Waals surface area contributed by atoms with Crippen LogP contribution in [-0.2, 0) is 20.1 Å². The van der Waals surface area contributed by atoms with Crippen molar-refractivity contribution >= 4 is 21.6 Å². The molecule has 151 valence electrons. The Balaban J connectivity index is 0.00000218. The number of hydrogen-bond donors (Lipinski definition) is 0. The molecule has 2 heterocycles. The summed E-state index contributed by atoms with van der Waals surface area (Å²) < 4.78 is 3.02. The van der Waals surface area contributed by atoms with Crippen LogP contribution >= 0.6 is 11.3 Å². The fourth-order valence-corrected chi connectivity index (χ4v) is 4.74. The Morgan fingerprint density at radius 3 is 2.40 bits per heavy atom. The van der Waals surface area contributed by atoms with Gasteiger partial charge in [0.25, 0.3) is 0 Å². The minimum atomic E-state index is 0. The third-order valence-electron chi connectivity index (χ3n) is 5.04. The van der Waals surface area contributed by atoms with Gasteiger partial charge < -0.3 is 0 Å². The summed E-state index contributed by atoms with van der Waals surface area (Å²) >= 11 is 1.67. The normalized spacial score (nSPS) is 10.9. The summed E-state index contributed by atoms with van der Waals surface area (Å²) in [6.45, 7) is 6.28. The van der Waals surface area contributed by atoms with Gasteiger partial charge in [0.1, 0.15) is 6.33 Å². The van der Waals surface area contributed by atoms with Crippen LogP contribution in [0.25, 0.3) is 38.4 Å². The quantitative estimate of drug-likeness (QED) is 0.246. The molecule has 0 spiro atoms. The van der Waals surface area contributed by atoms with Crippen LogP contribution in [0.1, 0.15) is 16.1 Å². The maximum absolute atomic E-state index is 4.61. The van der Waals surface area contributed by atoms with E-state index >= 15 is 0 Å². The van der Waals surface area contributed by atoms with E-state index in [1.807, 2.05) is 29.8 Å². The Kier molecular flexibility index (Phi) is 5.65. The first-order valence-electron chi connectivity index (χ1n) is 9.47. The Hall–Kier alpha value is -2.66. The number of aryl methyl sites for hydroxylation is 3. The SMILES string of the molecule is Cc1nc2cc[c-]c(-c3ncnn3-c3c(C)cc(-c4ccccc4)cc3C)c2s1.[Ir]. The molecule has 0 bridgehead atoms. The summed E-state index contributed by atoms with van der Waals surface area (Å²) in [5.41, 5.74) is 7.70. The van der Waals surface area contributed by atoms with Crippen LogP contribution in [0.4, 0.5) is 0 Å². The van der Waals surface area contributed by atoms with Crippen LogP contribution in [-0.4, -0.2) is 19.7 Å². The minimum absolute atomic E-state index is 0. The average Bonchev–Trinajstić information content (AvgIpc) is 3.33. The Morgan fingerprint density at radius 2 is 1.67 bits per heavy atom. The molecule has 6 heteroatoms. The van der Waals surface area contributed by atoms with Gasteiger partial charge in [0.15, 0.2) is 0 Å². The van der Waals surface area contributed by atoms with E-state index in [1.165, 1.54) is 11.1 Å². The van der Waals surface area contributed by atoms with Crippen molar-refractivity contribution in [2.24, 2.45) is 0 Å². The predicted molar refractivity (Wildman–Crippen MR) is 118 cm³/mol. The molecule has 1 radical (unpaired) electrons. The van der Waals surface area contributed by atoms with Gasteiger partial charge in [-0.05, 0) is 65.4 Å². The molecule has 4 nitrogen and oxygen atoms in total. The standard InChI is InChI=1S/C24H19N4S.Ir/c1-15-12-19(18-8-5-4-6-9-18)13-16(2)22(15)28-24(25-14-26-28)20-10-7-11-21-23(20)29-17(3)27-21;/h4-9,11-14H,1-3H3;/q-1;. The van der Waals surface area contributed by atoms with Crippen LogP contribution in [0, 0.1) is 26.8 Å². The number of benzene rings is 3. The Morgan fingerprint density at radius 1 is 0.933 bits per heavy atom. The minimum Gasteiger partial charge on any atom is -0.264 e. The molecule has 0 aliphatic rings. The van der Waals surface area contributed by atoms with Gasteiger partial charge in [0.2, 0.25) is 0 Å². The van der Waals surface area contributed by atoms with E-state index in [0.717, 1.165) is 43.4 Å². The van der Waals surface area contributed by atoms with Crippen molar-refractivity contribution < 1.29 is 20.1 Å². The van der Waals surface area contributed by atoms with Gasteiger partial charge in [0, 0.05) is 20.1 Å². The topological polar surface area (TPSA) is 43.6 Å². The van der Waals surface area contributed by atoms with Gasteiger partial charge in [0.05, 0.1) is 16.5 Å². The van der Waals surface area contributed by atoms with Crippen molar-refractivity contribution in [2.45, 2.75) is 20.8 Å². The van der Waals surface area contributed by atoms with Gasteiger partial charge in [-0.2, -0.15) is 16.4 Å². The summed E-state index contributed by atoms with van der Waals surface area (Å²) in [6, 6.07) is 22.1. The van der Waals surface area contributed by atoms with E-state index in [1.54, 1.807) is 17.7 Å². The summed E-state index contributed by atoms with van der Waals surface area (Å²) in [5, 5.41) is 5.60. The number of thiazole rings is 1. The second-order valence-corrected chi connectivity index (χ2v) is 8.32. The van der Waals surface area contributed by atoms with Gasteiger partial charge in [-0.1, -0.05) is 35.9 Å². The number of aromatic nitrogens is 4. The first-order chi connectivity index (χ1) is 14.1. The van der Waals surface area contributed by atoms with E-state index in [4.69, 9.17) is 0 Å². The molecule has 2 aromatic heterocycles. The zero-order valence-corrected chi connectivity index (χ0v) is 20.0.